The number of ketones is 1. The number of unbranched alkanes of at least 4 members (excludes halogenated alkanes) is 9. The Balaban J connectivity index is 1.72. The molecular weight excluding hydrogens is 462 g/mol. The first kappa shape index (κ1) is 30.6. The number of Topliss-reactive ketones (excluding diaryl/α,β-unsaturated/α-hetero) is 1. The van der Waals surface area contributed by atoms with E-state index in [1.165, 1.54) is 51.4 Å². The van der Waals surface area contributed by atoms with Gasteiger partial charge in [0.2, 0.25) is 5.91 Å². The molecule has 1 N–H and O–H groups in total. The number of hydrogen-bond acceptors (Lipinski definition) is 4. The zero-order valence-electron chi connectivity index (χ0n) is 23.0. The van der Waals surface area contributed by atoms with Gasteiger partial charge >= 0.3 is 0 Å². The highest BCUT2D eigenvalue weighted by Gasteiger charge is 2.20. The second-order valence-corrected chi connectivity index (χ2v) is 9.85. The van der Waals surface area contributed by atoms with Crippen molar-refractivity contribution < 1.29 is 19.1 Å². The van der Waals surface area contributed by atoms with Crippen LogP contribution in [0.4, 0.5) is 0 Å². The highest BCUT2D eigenvalue weighted by molar-refractivity contribution is 5.84. The number of amides is 1. The first-order valence-electron chi connectivity index (χ1n) is 14.2. The third-order valence-corrected chi connectivity index (χ3v) is 6.71. The Kier molecular flexibility index (Phi) is 16.1. The summed E-state index contributed by atoms with van der Waals surface area (Å²) in [4.78, 5) is 25.5. The molecule has 1 amide bonds. The lowest BCUT2D eigenvalue weighted by Gasteiger charge is -2.17. The Morgan fingerprint density at radius 3 is 2.00 bits per heavy atom. The summed E-state index contributed by atoms with van der Waals surface area (Å²) < 4.78 is 11.2. The van der Waals surface area contributed by atoms with Gasteiger partial charge in [0.15, 0.2) is 5.78 Å². The van der Waals surface area contributed by atoms with Gasteiger partial charge in [-0.2, -0.15) is 0 Å². The number of nitrogens with one attached hydrogen (secondary N) is 1. The van der Waals surface area contributed by atoms with Gasteiger partial charge in [0.05, 0.1) is 13.7 Å². The molecule has 0 aliphatic heterocycles. The first-order chi connectivity index (χ1) is 18.1. The van der Waals surface area contributed by atoms with Crippen molar-refractivity contribution in [3.05, 3.63) is 65.7 Å². The summed E-state index contributed by atoms with van der Waals surface area (Å²) in [6.45, 7) is 3.07. The van der Waals surface area contributed by atoms with Crippen LogP contribution in [0.2, 0.25) is 0 Å². The molecule has 0 spiro atoms. The van der Waals surface area contributed by atoms with Gasteiger partial charge in [0, 0.05) is 19.4 Å². The molecule has 0 unspecified atom stereocenters. The maximum Gasteiger partial charge on any atom is 0.220 e. The van der Waals surface area contributed by atoms with Gasteiger partial charge in [-0.3, -0.25) is 9.59 Å². The fourth-order valence-electron chi connectivity index (χ4n) is 4.35. The van der Waals surface area contributed by atoms with E-state index in [1.807, 2.05) is 54.6 Å². The minimum atomic E-state index is -0.550. The number of rotatable bonds is 21. The molecule has 5 heteroatoms. The van der Waals surface area contributed by atoms with Crippen LogP contribution in [0.25, 0.3) is 0 Å². The van der Waals surface area contributed by atoms with Crippen LogP contribution < -0.4 is 10.1 Å². The van der Waals surface area contributed by atoms with Gasteiger partial charge in [-0.05, 0) is 36.1 Å². The lowest BCUT2D eigenvalue weighted by Crippen LogP contribution is -2.28. The molecule has 5 nitrogen and oxygen atoms in total. The van der Waals surface area contributed by atoms with E-state index in [1.54, 1.807) is 7.11 Å². The number of ether oxygens (including phenoxy) is 2. The Hall–Kier alpha value is -2.66. The molecule has 0 fully saturated rings. The molecule has 1 atom stereocenters. The van der Waals surface area contributed by atoms with Crippen molar-refractivity contribution in [2.45, 2.75) is 110 Å². The number of methoxy groups -OCH3 is 1. The zero-order chi connectivity index (χ0) is 26.6. The second kappa shape index (κ2) is 19.5. The van der Waals surface area contributed by atoms with Crippen molar-refractivity contribution in [2.24, 2.45) is 0 Å². The van der Waals surface area contributed by atoms with E-state index in [-0.39, 0.29) is 18.1 Å². The summed E-state index contributed by atoms with van der Waals surface area (Å²) in [5, 5.41) is 2.95. The van der Waals surface area contributed by atoms with Crippen LogP contribution in [0.5, 0.6) is 5.75 Å². The number of hydrogen-bond donors (Lipinski definition) is 1. The molecule has 0 saturated carbocycles. The third kappa shape index (κ3) is 14.0. The highest BCUT2D eigenvalue weighted by Crippen LogP contribution is 2.16. The largest absolute Gasteiger partial charge is 0.497 e. The van der Waals surface area contributed by atoms with Crippen LogP contribution >= 0.6 is 0 Å². The Morgan fingerprint density at radius 1 is 0.757 bits per heavy atom. The highest BCUT2D eigenvalue weighted by atomic mass is 16.5. The second-order valence-electron chi connectivity index (χ2n) is 9.85. The SMILES string of the molecule is CCCCCCCCCCCCC(=O)[C@H](CCC(=O)NCc1ccc(OC)cc1)OCc1ccccc1. The summed E-state index contributed by atoms with van der Waals surface area (Å²) in [5.41, 5.74) is 2.03. The molecule has 0 aromatic heterocycles. The van der Waals surface area contributed by atoms with Crippen LogP contribution in [0.3, 0.4) is 0 Å². The van der Waals surface area contributed by atoms with Gasteiger partial charge in [-0.1, -0.05) is 107 Å². The summed E-state index contributed by atoms with van der Waals surface area (Å²) in [5.74, 6) is 0.823. The van der Waals surface area contributed by atoms with E-state index in [2.05, 4.69) is 12.2 Å². The van der Waals surface area contributed by atoms with Crippen molar-refractivity contribution in [1.29, 1.82) is 0 Å². The first-order valence-corrected chi connectivity index (χ1v) is 14.2. The molecule has 2 aromatic carbocycles. The summed E-state index contributed by atoms with van der Waals surface area (Å²) in [6, 6.07) is 17.5. The number of benzene rings is 2. The molecular formula is C32H47NO4. The van der Waals surface area contributed by atoms with Gasteiger partial charge in [0.1, 0.15) is 11.9 Å². The molecule has 0 aliphatic rings. The van der Waals surface area contributed by atoms with Crippen LogP contribution in [0.15, 0.2) is 54.6 Å². The molecule has 0 bridgehead atoms. The fraction of sp³-hybridized carbons (Fsp3) is 0.562. The Labute approximate surface area is 224 Å². The topological polar surface area (TPSA) is 64.6 Å². The molecule has 0 radical (unpaired) electrons. The van der Waals surface area contributed by atoms with Crippen molar-refractivity contribution in [3.63, 3.8) is 0 Å². The third-order valence-electron chi connectivity index (χ3n) is 6.71. The normalized spacial score (nSPS) is 11.7. The predicted molar refractivity (Wildman–Crippen MR) is 151 cm³/mol. The number of carbonyl (C=O) groups is 2. The summed E-state index contributed by atoms with van der Waals surface area (Å²) >= 11 is 0. The molecule has 2 rings (SSSR count). The molecule has 2 aromatic rings. The molecule has 0 heterocycles. The van der Waals surface area contributed by atoms with E-state index >= 15 is 0 Å². The molecule has 0 aliphatic carbocycles. The van der Waals surface area contributed by atoms with Crippen LogP contribution in [-0.2, 0) is 27.5 Å². The van der Waals surface area contributed by atoms with Gasteiger partial charge < -0.3 is 14.8 Å². The summed E-state index contributed by atoms with van der Waals surface area (Å²) in [7, 11) is 1.63. The molecule has 37 heavy (non-hydrogen) atoms. The summed E-state index contributed by atoms with van der Waals surface area (Å²) in [6.07, 6.45) is 13.0. The van der Waals surface area contributed by atoms with Gasteiger partial charge in [0.25, 0.3) is 0 Å². The molecule has 0 saturated heterocycles. The maximum absolute atomic E-state index is 13.0. The van der Waals surface area contributed by atoms with E-state index in [0.29, 0.717) is 26.0 Å². The van der Waals surface area contributed by atoms with E-state index in [4.69, 9.17) is 9.47 Å². The lowest BCUT2D eigenvalue weighted by atomic mass is 10.0. The van der Waals surface area contributed by atoms with Crippen molar-refractivity contribution in [1.82, 2.24) is 5.32 Å². The minimum Gasteiger partial charge on any atom is -0.497 e. The quantitative estimate of drug-likeness (QED) is 0.176. The fourth-order valence-corrected chi connectivity index (χ4v) is 4.35. The smallest absolute Gasteiger partial charge is 0.220 e. The predicted octanol–water partition coefficient (Wildman–Crippen LogP) is 7.56. The average Bonchev–Trinajstić information content (AvgIpc) is 2.93. The molecule has 204 valence electrons. The number of carbonyl (C=O) groups excluding carboxylic acids is 2. The van der Waals surface area contributed by atoms with E-state index in [9.17, 15) is 9.59 Å². The monoisotopic (exact) mass is 509 g/mol. The van der Waals surface area contributed by atoms with Crippen molar-refractivity contribution >= 4 is 11.7 Å². The average molecular weight is 510 g/mol. The minimum absolute atomic E-state index is 0.0733. The van der Waals surface area contributed by atoms with Crippen LogP contribution in [-0.4, -0.2) is 24.9 Å². The van der Waals surface area contributed by atoms with Crippen molar-refractivity contribution in [2.75, 3.05) is 7.11 Å². The van der Waals surface area contributed by atoms with Crippen LogP contribution in [0.1, 0.15) is 102 Å². The standard InChI is InChI=1S/C32H47NO4/c1-3-4-5-6-7-8-9-10-11-15-18-30(34)31(37-26-28-16-13-12-14-17-28)23-24-32(35)33-25-27-19-21-29(36-2)22-20-27/h12-14,16-17,19-22,31H,3-11,15,18,23-26H2,1-2H3,(H,33,35)/t31-/m0/s1. The Bertz CT molecular complexity index is 866. The zero-order valence-corrected chi connectivity index (χ0v) is 23.0. The van der Waals surface area contributed by atoms with Gasteiger partial charge in [-0.25, -0.2) is 0 Å². The van der Waals surface area contributed by atoms with Crippen molar-refractivity contribution in [3.8, 4) is 5.75 Å². The van der Waals surface area contributed by atoms with Gasteiger partial charge in [-0.15, -0.1) is 0 Å². The van der Waals surface area contributed by atoms with Crippen LogP contribution in [0, 0.1) is 0 Å². The lowest BCUT2D eigenvalue weighted by molar-refractivity contribution is -0.133. The van der Waals surface area contributed by atoms with E-state index in [0.717, 1.165) is 29.7 Å². The Morgan fingerprint density at radius 2 is 1.38 bits per heavy atom. The maximum atomic E-state index is 13.0. The van der Waals surface area contributed by atoms with E-state index < -0.39 is 6.10 Å².